The molecular weight excluding hydrogens is 384 g/mol. The first kappa shape index (κ1) is 20.6. The van der Waals surface area contributed by atoms with Crippen LogP contribution in [0, 0.1) is 23.2 Å². The van der Waals surface area contributed by atoms with Gasteiger partial charge < -0.3 is 9.16 Å². The molecule has 0 aromatic carbocycles. The molecule has 6 heteroatoms. The van der Waals surface area contributed by atoms with Gasteiger partial charge in [-0.1, -0.05) is 27.7 Å². The molecule has 0 aromatic rings. The molecule has 5 atom stereocenters. The molecule has 3 aliphatic carbocycles. The second kappa shape index (κ2) is 6.16. The number of ketones is 2. The van der Waals surface area contributed by atoms with Crippen molar-refractivity contribution in [1.82, 2.24) is 0 Å². The molecule has 1 aliphatic heterocycles. The highest BCUT2D eigenvalue weighted by molar-refractivity contribution is 6.74. The van der Waals surface area contributed by atoms with E-state index >= 15 is 0 Å². The summed E-state index contributed by atoms with van der Waals surface area (Å²) in [5, 5.41) is 0.0284. The number of rotatable bonds is 2. The fourth-order valence-corrected chi connectivity index (χ4v) is 6.80. The van der Waals surface area contributed by atoms with Crippen LogP contribution in [0.3, 0.4) is 0 Å². The van der Waals surface area contributed by atoms with E-state index in [9.17, 15) is 14.4 Å². The Balaban J connectivity index is 1.85. The molecule has 4 rings (SSSR count). The number of carbonyl (C=O) groups excluding carboxylic acids is 3. The largest absolute Gasteiger partial charge is 0.547 e. The molecule has 0 radical (unpaired) electrons. The van der Waals surface area contributed by atoms with E-state index in [1.165, 1.54) is 6.08 Å². The summed E-state index contributed by atoms with van der Waals surface area (Å²) in [7, 11) is -2.11. The molecule has 0 aromatic heterocycles. The van der Waals surface area contributed by atoms with Crippen LogP contribution in [0.5, 0.6) is 0 Å². The zero-order valence-electron chi connectivity index (χ0n) is 18.5. The van der Waals surface area contributed by atoms with Crippen LogP contribution in [0.25, 0.3) is 0 Å². The van der Waals surface area contributed by atoms with Crippen LogP contribution in [0.4, 0.5) is 0 Å². The molecule has 0 unspecified atom stereocenters. The minimum absolute atomic E-state index is 0.00803. The van der Waals surface area contributed by atoms with Crippen LogP contribution in [0.1, 0.15) is 53.9 Å². The van der Waals surface area contributed by atoms with Gasteiger partial charge in [0, 0.05) is 36.0 Å². The Bertz CT molecular complexity index is 874. The maximum atomic E-state index is 13.4. The SMILES string of the molecule is CC1=CC(=O)[C@H]2CC(O[Si](C)(C)C(C)(C)C)=C3C[C@@H]4OC(=O)C[C@@H]4[C@H]3[C@@]2(C)C1=O. The first-order valence-electron chi connectivity index (χ1n) is 10.6. The third-order valence-electron chi connectivity index (χ3n) is 8.24. The average molecular weight is 417 g/mol. The van der Waals surface area contributed by atoms with Crippen molar-refractivity contribution in [2.24, 2.45) is 23.2 Å². The lowest BCUT2D eigenvalue weighted by molar-refractivity contribution is -0.141. The summed E-state index contributed by atoms with van der Waals surface area (Å²) in [6.07, 6.45) is 2.71. The number of esters is 1. The molecule has 29 heavy (non-hydrogen) atoms. The van der Waals surface area contributed by atoms with E-state index < -0.39 is 19.7 Å². The van der Waals surface area contributed by atoms with Gasteiger partial charge in [0.05, 0.1) is 12.2 Å². The first-order valence-corrected chi connectivity index (χ1v) is 13.6. The summed E-state index contributed by atoms with van der Waals surface area (Å²) in [4.78, 5) is 38.5. The van der Waals surface area contributed by atoms with E-state index in [4.69, 9.17) is 9.16 Å². The molecule has 5 nitrogen and oxygen atoms in total. The molecule has 2 fully saturated rings. The lowest BCUT2D eigenvalue weighted by Crippen LogP contribution is -2.53. The van der Waals surface area contributed by atoms with Gasteiger partial charge in [0.25, 0.3) is 0 Å². The summed E-state index contributed by atoms with van der Waals surface area (Å²) >= 11 is 0. The van der Waals surface area contributed by atoms with Crippen molar-refractivity contribution in [3.8, 4) is 0 Å². The van der Waals surface area contributed by atoms with Crippen molar-refractivity contribution in [2.45, 2.75) is 78.1 Å². The van der Waals surface area contributed by atoms with Gasteiger partial charge in [0.1, 0.15) is 6.10 Å². The lowest BCUT2D eigenvalue weighted by Gasteiger charge is -2.49. The highest BCUT2D eigenvalue weighted by Gasteiger charge is 2.64. The van der Waals surface area contributed by atoms with Crippen molar-refractivity contribution in [3.63, 3.8) is 0 Å². The maximum absolute atomic E-state index is 13.4. The molecule has 1 saturated carbocycles. The number of hydrogen-bond donors (Lipinski definition) is 0. The number of fused-ring (bicyclic) bond motifs is 5. The molecule has 1 saturated heterocycles. The quantitative estimate of drug-likeness (QED) is 0.495. The molecule has 0 spiro atoms. The number of carbonyl (C=O) groups is 3. The summed E-state index contributed by atoms with van der Waals surface area (Å²) in [6, 6.07) is 0. The van der Waals surface area contributed by atoms with Crippen molar-refractivity contribution in [2.75, 3.05) is 0 Å². The zero-order valence-corrected chi connectivity index (χ0v) is 19.5. The maximum Gasteiger partial charge on any atom is 0.306 e. The van der Waals surface area contributed by atoms with Crippen LogP contribution in [-0.4, -0.2) is 32.0 Å². The predicted octanol–water partition coefficient (Wildman–Crippen LogP) is 4.34. The van der Waals surface area contributed by atoms with Gasteiger partial charge in [-0.2, -0.15) is 0 Å². The fourth-order valence-electron chi connectivity index (χ4n) is 5.66. The highest BCUT2D eigenvalue weighted by atomic mass is 28.4. The molecule has 0 N–H and O–H groups in total. The van der Waals surface area contributed by atoms with E-state index in [0.29, 0.717) is 24.8 Å². The van der Waals surface area contributed by atoms with Crippen molar-refractivity contribution in [3.05, 3.63) is 23.0 Å². The zero-order chi connectivity index (χ0) is 21.5. The lowest BCUT2D eigenvalue weighted by atomic mass is 9.53. The highest BCUT2D eigenvalue weighted by Crippen LogP contribution is 2.62. The molecule has 0 amide bonds. The third-order valence-corrected chi connectivity index (χ3v) is 12.6. The Hall–Kier alpha value is -1.69. The van der Waals surface area contributed by atoms with Crippen molar-refractivity contribution < 1.29 is 23.5 Å². The second-order valence-corrected chi connectivity index (χ2v) is 15.7. The Morgan fingerprint density at radius 1 is 1.14 bits per heavy atom. The van der Waals surface area contributed by atoms with Crippen LogP contribution in [0.15, 0.2) is 23.0 Å². The smallest absolute Gasteiger partial charge is 0.306 e. The Morgan fingerprint density at radius 2 is 1.79 bits per heavy atom. The van der Waals surface area contributed by atoms with E-state index in [1.54, 1.807) is 6.92 Å². The fraction of sp³-hybridized carbons (Fsp3) is 0.696. The summed E-state index contributed by atoms with van der Waals surface area (Å²) in [5.74, 6) is 0.0944. The number of Topliss-reactive ketones (excluding diaryl/α,β-unsaturated/α-hetero) is 1. The predicted molar refractivity (Wildman–Crippen MR) is 111 cm³/mol. The van der Waals surface area contributed by atoms with E-state index in [0.717, 1.165) is 11.3 Å². The minimum atomic E-state index is -2.11. The van der Waals surface area contributed by atoms with E-state index in [-0.39, 0.29) is 40.5 Å². The number of allylic oxidation sites excluding steroid dienone is 3. The van der Waals surface area contributed by atoms with Crippen LogP contribution >= 0.6 is 0 Å². The van der Waals surface area contributed by atoms with Gasteiger partial charge in [-0.25, -0.2) is 0 Å². The van der Waals surface area contributed by atoms with Gasteiger partial charge in [0.15, 0.2) is 11.6 Å². The van der Waals surface area contributed by atoms with Crippen molar-refractivity contribution >= 4 is 25.9 Å². The monoisotopic (exact) mass is 416 g/mol. The van der Waals surface area contributed by atoms with Gasteiger partial charge in [-0.3, -0.25) is 14.4 Å². The summed E-state index contributed by atoms with van der Waals surface area (Å²) < 4.78 is 12.4. The Labute approximate surface area is 174 Å². The molecule has 1 heterocycles. The van der Waals surface area contributed by atoms with Crippen LogP contribution in [-0.2, 0) is 23.5 Å². The third kappa shape index (κ3) is 2.81. The topological polar surface area (TPSA) is 69.7 Å². The van der Waals surface area contributed by atoms with E-state index in [1.807, 2.05) is 6.92 Å². The number of hydrogen-bond acceptors (Lipinski definition) is 5. The van der Waals surface area contributed by atoms with Crippen LogP contribution < -0.4 is 0 Å². The normalized spacial score (nSPS) is 37.1. The van der Waals surface area contributed by atoms with Gasteiger partial charge in [-0.05, 0) is 42.3 Å². The minimum Gasteiger partial charge on any atom is -0.547 e. The van der Waals surface area contributed by atoms with E-state index in [2.05, 4.69) is 33.9 Å². The van der Waals surface area contributed by atoms with Gasteiger partial charge >= 0.3 is 5.97 Å². The van der Waals surface area contributed by atoms with Crippen molar-refractivity contribution in [1.29, 1.82) is 0 Å². The first-order chi connectivity index (χ1) is 13.3. The van der Waals surface area contributed by atoms with Gasteiger partial charge in [0.2, 0.25) is 8.32 Å². The summed E-state index contributed by atoms with van der Waals surface area (Å²) in [5.41, 5.74) is 0.821. The average Bonchev–Trinajstić information content (AvgIpc) is 3.10. The Kier molecular flexibility index (Phi) is 4.37. The molecular formula is C23H32O5Si. The molecule has 4 aliphatic rings. The standard InChI is InChI=1S/C23H32O5Si/c1-12-8-16(24)15-11-18(28-29(6,7)22(2,3)4)13-9-17-14(10-19(25)27-17)20(13)23(15,5)21(12)26/h8,14-15,17,20H,9-11H2,1-7H3/t14-,15+,17-,20-,23-/m0/s1. The van der Waals surface area contributed by atoms with Crippen LogP contribution in [0.2, 0.25) is 18.1 Å². The second-order valence-electron chi connectivity index (χ2n) is 11.0. The van der Waals surface area contributed by atoms with Gasteiger partial charge in [-0.15, -0.1) is 0 Å². The number of ether oxygens (including phenoxy) is 1. The summed E-state index contributed by atoms with van der Waals surface area (Å²) in [6.45, 7) is 14.7. The molecule has 158 valence electrons. The Morgan fingerprint density at radius 3 is 2.41 bits per heavy atom. The molecule has 0 bridgehead atoms.